The highest BCUT2D eigenvalue weighted by Gasteiger charge is 2.10. The maximum Gasteiger partial charge on any atom is 0.119 e. The molecule has 0 N–H and O–H groups in total. The number of aromatic nitrogens is 6. The van der Waals surface area contributed by atoms with Crippen molar-refractivity contribution in [1.82, 2.24) is 29.9 Å². The predicted octanol–water partition coefficient (Wildman–Crippen LogP) is 8.27. The van der Waals surface area contributed by atoms with Crippen LogP contribution in [0.15, 0.2) is 202 Å². The van der Waals surface area contributed by atoms with Gasteiger partial charge in [-0.25, -0.2) is 15.0 Å². The third-order valence-electron chi connectivity index (χ3n) is 5.15. The quantitative estimate of drug-likeness (QED) is 0.214. The highest BCUT2D eigenvalue weighted by atomic mass is 15.1. The van der Waals surface area contributed by atoms with Gasteiger partial charge in [-0.2, -0.15) is 0 Å². The Morgan fingerprint density at radius 2 is 0.512 bits per heavy atom. The molecule has 0 saturated heterocycles. The molecule has 7 nitrogen and oxygen atoms in total. The second-order valence-electron chi connectivity index (χ2n) is 8.21. The molecule has 7 rings (SSSR count). The van der Waals surface area contributed by atoms with Crippen LogP contribution in [-0.4, -0.2) is 29.9 Å². The molecule has 0 aliphatic rings. The van der Waals surface area contributed by atoms with Gasteiger partial charge in [-0.1, -0.05) is 97.1 Å². The van der Waals surface area contributed by atoms with Gasteiger partial charge in [0.25, 0.3) is 0 Å². The molecule has 43 heavy (non-hydrogen) atoms. The second kappa shape index (κ2) is 21.7. The molecule has 0 amide bonds. The summed E-state index contributed by atoms with van der Waals surface area (Å²) in [7, 11) is 0. The van der Waals surface area contributed by atoms with Crippen LogP contribution in [0.1, 0.15) is 0 Å². The smallest absolute Gasteiger partial charge is 0.119 e. The molecule has 4 aromatic carbocycles. The number of hydrogen-bond acceptors (Lipinski definition) is 7. The second-order valence-corrected chi connectivity index (χ2v) is 8.21. The molecule has 0 unspecified atom stereocenters. The van der Waals surface area contributed by atoms with Crippen molar-refractivity contribution in [2.45, 2.75) is 0 Å². The van der Waals surface area contributed by atoms with Gasteiger partial charge in [0.1, 0.15) is 19.0 Å². The van der Waals surface area contributed by atoms with Crippen molar-refractivity contribution in [3.05, 3.63) is 202 Å². The van der Waals surface area contributed by atoms with Crippen LogP contribution in [-0.2, 0) is 0 Å². The van der Waals surface area contributed by atoms with E-state index in [1.165, 1.54) is 36.0 Å². The zero-order valence-electron chi connectivity index (χ0n) is 23.7. The minimum atomic E-state index is 1.17. The number of benzene rings is 4. The molecule has 0 radical (unpaired) electrons. The highest BCUT2D eigenvalue weighted by molar-refractivity contribution is 5.76. The lowest BCUT2D eigenvalue weighted by atomic mass is 10.2. The third-order valence-corrected chi connectivity index (χ3v) is 5.15. The Morgan fingerprint density at radius 1 is 0.256 bits per heavy atom. The van der Waals surface area contributed by atoms with Gasteiger partial charge in [0.15, 0.2) is 0 Å². The molecule has 212 valence electrons. The van der Waals surface area contributed by atoms with Crippen LogP contribution in [0, 0.1) is 0 Å². The molecule has 3 heterocycles. The molecule has 0 aliphatic heterocycles. The minimum absolute atomic E-state index is 1.17. The normalized spacial score (nSPS) is 8.93. The molecule has 7 aromatic rings. The lowest BCUT2D eigenvalue weighted by Gasteiger charge is -2.25. The van der Waals surface area contributed by atoms with E-state index >= 15 is 0 Å². The summed E-state index contributed by atoms with van der Waals surface area (Å²) in [5, 5.41) is 0. The number of pyridine rings is 1. The molecule has 7 heteroatoms. The van der Waals surface area contributed by atoms with Gasteiger partial charge in [-0.05, 0) is 48.5 Å². The Hall–Kier alpha value is -6.08. The van der Waals surface area contributed by atoms with E-state index in [9.17, 15) is 0 Å². The Bertz CT molecular complexity index is 1200. The van der Waals surface area contributed by atoms with Crippen molar-refractivity contribution in [2.24, 2.45) is 0 Å². The summed E-state index contributed by atoms with van der Waals surface area (Å²) in [5.41, 5.74) is 3.50. The van der Waals surface area contributed by atoms with Gasteiger partial charge < -0.3 is 4.90 Å². The minimum Gasteiger partial charge on any atom is -0.311 e. The topological polar surface area (TPSA) is 80.6 Å². The maximum absolute atomic E-state index is 3.78. The number of nitrogens with zero attached hydrogens (tertiary/aromatic N) is 7. The lowest BCUT2D eigenvalue weighted by molar-refractivity contribution is 1.05. The van der Waals surface area contributed by atoms with E-state index in [0.717, 1.165) is 0 Å². The van der Waals surface area contributed by atoms with E-state index < -0.39 is 0 Å². The maximum atomic E-state index is 3.78. The first-order valence-electron chi connectivity index (χ1n) is 13.5. The van der Waals surface area contributed by atoms with Crippen LogP contribution in [0.25, 0.3) is 0 Å². The molecule has 0 bridgehead atoms. The van der Waals surface area contributed by atoms with Crippen molar-refractivity contribution in [3.8, 4) is 0 Å². The Labute approximate surface area is 253 Å². The Morgan fingerprint density at radius 3 is 0.721 bits per heavy atom. The summed E-state index contributed by atoms with van der Waals surface area (Å²) in [6, 6.07) is 49.0. The van der Waals surface area contributed by atoms with Crippen LogP contribution in [0.5, 0.6) is 0 Å². The first-order chi connectivity index (χ1) is 21.4. The summed E-state index contributed by atoms with van der Waals surface area (Å²) >= 11 is 0. The fourth-order valence-electron chi connectivity index (χ4n) is 3.33. The molecule has 0 spiro atoms. The van der Waals surface area contributed by atoms with Crippen molar-refractivity contribution in [1.29, 1.82) is 0 Å². The first-order valence-corrected chi connectivity index (χ1v) is 13.5. The molecular weight excluding hydrogens is 530 g/mol. The van der Waals surface area contributed by atoms with Crippen molar-refractivity contribution in [2.75, 3.05) is 4.90 Å². The number of anilines is 3. The first kappa shape index (κ1) is 31.4. The van der Waals surface area contributed by atoms with Crippen molar-refractivity contribution >= 4 is 17.1 Å². The van der Waals surface area contributed by atoms with Crippen LogP contribution in [0.2, 0.25) is 0 Å². The van der Waals surface area contributed by atoms with Gasteiger partial charge in [0.2, 0.25) is 0 Å². The number of para-hydroxylation sites is 3. The molecular formula is C36H33N7. The van der Waals surface area contributed by atoms with E-state index in [2.05, 4.69) is 108 Å². The Kier molecular flexibility index (Phi) is 15.9. The zero-order valence-corrected chi connectivity index (χ0v) is 23.7. The van der Waals surface area contributed by atoms with Gasteiger partial charge >= 0.3 is 0 Å². The van der Waals surface area contributed by atoms with Gasteiger partial charge in [-0.15, -0.1) is 0 Å². The molecule has 3 aromatic heterocycles. The SMILES string of the molecule is c1ccc(N(c2ccccc2)c2ccccc2)cc1.c1ccccc1.c1ccncc1.c1cnccn1.c1ncncn1. The summed E-state index contributed by atoms with van der Waals surface area (Å²) in [4.78, 5) is 24.2. The average molecular weight is 564 g/mol. The summed E-state index contributed by atoms with van der Waals surface area (Å²) < 4.78 is 0. The summed E-state index contributed by atoms with van der Waals surface area (Å²) in [6.07, 6.45) is 14.4. The predicted molar refractivity (Wildman–Crippen MR) is 174 cm³/mol. The molecule has 0 fully saturated rings. The third kappa shape index (κ3) is 14.2. The average Bonchev–Trinajstić information content (AvgIpc) is 3.14. The number of rotatable bonds is 3. The monoisotopic (exact) mass is 563 g/mol. The number of hydrogen-bond donors (Lipinski definition) is 0. The van der Waals surface area contributed by atoms with Crippen LogP contribution in [0.3, 0.4) is 0 Å². The van der Waals surface area contributed by atoms with Gasteiger partial charge in [0.05, 0.1) is 0 Å². The van der Waals surface area contributed by atoms with Crippen molar-refractivity contribution < 1.29 is 0 Å². The molecule has 0 saturated carbocycles. The van der Waals surface area contributed by atoms with Crippen molar-refractivity contribution in [3.63, 3.8) is 0 Å². The van der Waals surface area contributed by atoms with Gasteiger partial charge in [-0.3, -0.25) is 15.0 Å². The Balaban J connectivity index is 0.000000171. The van der Waals surface area contributed by atoms with Crippen LogP contribution in [0.4, 0.5) is 17.1 Å². The van der Waals surface area contributed by atoms with E-state index in [4.69, 9.17) is 0 Å². The largest absolute Gasteiger partial charge is 0.311 e. The molecule has 0 atom stereocenters. The summed E-state index contributed by atoms with van der Waals surface area (Å²) in [5.74, 6) is 0. The van der Waals surface area contributed by atoms with E-state index in [1.807, 2.05) is 72.8 Å². The van der Waals surface area contributed by atoms with Crippen LogP contribution >= 0.6 is 0 Å². The highest BCUT2D eigenvalue weighted by Crippen LogP contribution is 2.33. The van der Waals surface area contributed by atoms with Crippen LogP contribution < -0.4 is 4.90 Å². The standard InChI is InChI=1S/C18H15N.C6H6.C5H5N.C4H4N2.C3H3N3/c1-4-10-16(11-5-1)19(17-12-6-2-7-13-17)18-14-8-3-9-15-18;2*1-2-4-6-5-3-1;1-2-6-4-3-5-1;1-4-2-6-3-5-1/h1-15H;1-6H;1-5H;1-4H;1-3H. The fourth-order valence-corrected chi connectivity index (χ4v) is 3.33. The van der Waals surface area contributed by atoms with E-state index in [1.54, 1.807) is 37.2 Å². The lowest BCUT2D eigenvalue weighted by Crippen LogP contribution is -2.09. The van der Waals surface area contributed by atoms with E-state index in [0.29, 0.717) is 0 Å². The summed E-state index contributed by atoms with van der Waals surface area (Å²) in [6.45, 7) is 0. The molecule has 0 aliphatic carbocycles. The zero-order chi connectivity index (χ0) is 29.9. The fraction of sp³-hybridized carbons (Fsp3) is 0. The van der Waals surface area contributed by atoms with E-state index in [-0.39, 0.29) is 0 Å². The van der Waals surface area contributed by atoms with Gasteiger partial charge in [0, 0.05) is 54.2 Å².